The molecule has 6 heteroatoms. The van der Waals surface area contributed by atoms with Gasteiger partial charge < -0.3 is 0 Å². The van der Waals surface area contributed by atoms with E-state index in [9.17, 15) is 19.2 Å². The molecule has 2 aromatic rings. The van der Waals surface area contributed by atoms with Gasteiger partial charge in [-0.2, -0.15) is 0 Å². The molecule has 0 atom stereocenters. The fourth-order valence-electron chi connectivity index (χ4n) is 4.05. The lowest BCUT2D eigenvalue weighted by Crippen LogP contribution is -2.26. The molecule has 0 bridgehead atoms. The smallest absolute Gasteiger partial charge is 0.234 e. The highest BCUT2D eigenvalue weighted by molar-refractivity contribution is 6.27. The third-order valence-corrected chi connectivity index (χ3v) is 5.98. The molecule has 4 rings (SSSR count). The minimum Gasteiger partial charge on any atom is -0.289 e. The SMILES string of the molecule is CC(C)=CCC1=C(OOC2=C(CC=C(C)C)C(=O)c3ccccc3C2=O)C(=O)c2ccccc2C1=O. The van der Waals surface area contributed by atoms with E-state index in [-0.39, 0.29) is 69.3 Å². The quantitative estimate of drug-likeness (QED) is 0.261. The molecule has 0 unspecified atom stereocenters. The molecule has 182 valence electrons. The summed E-state index contributed by atoms with van der Waals surface area (Å²) in [7, 11) is 0. The summed E-state index contributed by atoms with van der Waals surface area (Å²) in [5.74, 6) is -2.32. The molecule has 6 nitrogen and oxygen atoms in total. The van der Waals surface area contributed by atoms with Crippen LogP contribution in [-0.4, -0.2) is 23.1 Å². The standard InChI is InChI=1S/C30H26O6/c1-17(2)13-15-23-25(31)19-9-5-7-11-21(19)27(33)29(23)35-36-30-24(16-14-18(3)4)26(32)20-10-6-8-12-22(20)28(30)34/h5-14H,15-16H2,1-4H3. The van der Waals surface area contributed by atoms with Crippen LogP contribution in [0.5, 0.6) is 0 Å². The lowest BCUT2D eigenvalue weighted by Gasteiger charge is -2.22. The van der Waals surface area contributed by atoms with Crippen molar-refractivity contribution >= 4 is 23.1 Å². The summed E-state index contributed by atoms with van der Waals surface area (Å²) in [4.78, 5) is 64.1. The van der Waals surface area contributed by atoms with Crippen molar-refractivity contribution in [2.45, 2.75) is 40.5 Å². The number of fused-ring (bicyclic) bond motifs is 2. The van der Waals surface area contributed by atoms with Gasteiger partial charge >= 0.3 is 0 Å². The number of ketones is 4. The van der Waals surface area contributed by atoms with Gasteiger partial charge in [-0.05, 0) is 40.5 Å². The van der Waals surface area contributed by atoms with Crippen LogP contribution in [0.15, 0.2) is 94.5 Å². The van der Waals surface area contributed by atoms with Gasteiger partial charge in [-0.1, -0.05) is 71.8 Å². The molecule has 2 aliphatic rings. The fraction of sp³-hybridized carbons (Fsp3) is 0.200. The molecule has 2 aliphatic carbocycles. The maximum absolute atomic E-state index is 13.3. The van der Waals surface area contributed by atoms with E-state index >= 15 is 0 Å². The van der Waals surface area contributed by atoms with Gasteiger partial charge in [0.2, 0.25) is 23.1 Å². The largest absolute Gasteiger partial charge is 0.289 e. The van der Waals surface area contributed by atoms with Crippen molar-refractivity contribution in [1.29, 1.82) is 0 Å². The van der Waals surface area contributed by atoms with Gasteiger partial charge in [0.15, 0.2) is 11.6 Å². The number of hydrogen-bond donors (Lipinski definition) is 0. The molecule has 0 fully saturated rings. The molecular formula is C30H26O6. The van der Waals surface area contributed by atoms with Crippen molar-refractivity contribution in [3.8, 4) is 0 Å². The number of allylic oxidation sites excluding steroid dienone is 8. The lowest BCUT2D eigenvalue weighted by molar-refractivity contribution is -0.217. The summed E-state index contributed by atoms with van der Waals surface area (Å²) in [6.07, 6.45) is 3.92. The number of hydrogen-bond acceptors (Lipinski definition) is 6. The van der Waals surface area contributed by atoms with Gasteiger partial charge in [-0.25, -0.2) is 0 Å². The maximum atomic E-state index is 13.3. The van der Waals surface area contributed by atoms with Crippen molar-refractivity contribution in [2.24, 2.45) is 0 Å². The molecule has 0 saturated heterocycles. The number of carbonyl (C=O) groups is 4. The van der Waals surface area contributed by atoms with Gasteiger partial charge in [-0.15, -0.1) is 0 Å². The van der Waals surface area contributed by atoms with Crippen LogP contribution in [0, 0.1) is 0 Å². The Morgan fingerprint density at radius 2 is 0.861 bits per heavy atom. The second kappa shape index (κ2) is 10.1. The predicted molar refractivity (Wildman–Crippen MR) is 135 cm³/mol. The van der Waals surface area contributed by atoms with E-state index < -0.39 is 11.6 Å². The Kier molecular flexibility index (Phi) is 6.97. The molecule has 0 aromatic heterocycles. The molecule has 0 saturated carbocycles. The Morgan fingerprint density at radius 3 is 1.17 bits per heavy atom. The Bertz CT molecular complexity index is 1310. The molecule has 0 aliphatic heterocycles. The van der Waals surface area contributed by atoms with Gasteiger partial charge in [0.05, 0.1) is 11.1 Å². The fourth-order valence-corrected chi connectivity index (χ4v) is 4.05. The summed E-state index contributed by atoms with van der Waals surface area (Å²) >= 11 is 0. The summed E-state index contributed by atoms with van der Waals surface area (Å²) < 4.78 is 0. The van der Waals surface area contributed by atoms with Crippen molar-refractivity contribution in [1.82, 2.24) is 0 Å². The molecule has 0 radical (unpaired) electrons. The lowest BCUT2D eigenvalue weighted by atomic mass is 9.86. The van der Waals surface area contributed by atoms with E-state index in [4.69, 9.17) is 9.78 Å². The Labute approximate surface area is 209 Å². The normalized spacial score (nSPS) is 14.9. The first kappa shape index (κ1) is 24.8. The second-order valence-corrected chi connectivity index (χ2v) is 9.16. The van der Waals surface area contributed by atoms with E-state index in [2.05, 4.69) is 0 Å². The molecule has 0 N–H and O–H groups in total. The number of rotatable bonds is 7. The summed E-state index contributed by atoms with van der Waals surface area (Å²) in [5, 5.41) is 0. The van der Waals surface area contributed by atoms with E-state index in [1.807, 2.05) is 39.8 Å². The molecule has 0 spiro atoms. The highest BCUT2D eigenvalue weighted by Crippen LogP contribution is 2.33. The molecule has 36 heavy (non-hydrogen) atoms. The van der Waals surface area contributed by atoms with E-state index in [0.29, 0.717) is 0 Å². The van der Waals surface area contributed by atoms with Gasteiger partial charge in [-0.3, -0.25) is 29.0 Å². The number of carbonyl (C=O) groups excluding carboxylic acids is 4. The zero-order valence-electron chi connectivity index (χ0n) is 20.6. The van der Waals surface area contributed by atoms with Crippen LogP contribution >= 0.6 is 0 Å². The topological polar surface area (TPSA) is 86.7 Å². The molecule has 0 heterocycles. The first-order chi connectivity index (χ1) is 17.2. The third kappa shape index (κ3) is 4.62. The zero-order chi connectivity index (χ0) is 26.0. The van der Waals surface area contributed by atoms with Gasteiger partial charge in [0, 0.05) is 22.3 Å². The first-order valence-corrected chi connectivity index (χ1v) is 11.6. The number of Topliss-reactive ketones (excluding diaryl/α,β-unsaturated/α-hetero) is 4. The van der Waals surface area contributed by atoms with Crippen LogP contribution in [0.4, 0.5) is 0 Å². The van der Waals surface area contributed by atoms with E-state index in [0.717, 1.165) is 11.1 Å². The third-order valence-electron chi connectivity index (χ3n) is 5.98. The van der Waals surface area contributed by atoms with Crippen molar-refractivity contribution < 1.29 is 29.0 Å². The van der Waals surface area contributed by atoms with Crippen molar-refractivity contribution in [3.05, 3.63) is 117 Å². The number of benzene rings is 2. The van der Waals surface area contributed by atoms with Gasteiger partial charge in [0.25, 0.3) is 0 Å². The van der Waals surface area contributed by atoms with Crippen LogP contribution in [0.25, 0.3) is 0 Å². The molecule has 2 aromatic carbocycles. The van der Waals surface area contributed by atoms with Crippen LogP contribution in [-0.2, 0) is 9.78 Å². The van der Waals surface area contributed by atoms with Crippen LogP contribution in [0.1, 0.15) is 82.0 Å². The minimum atomic E-state index is -0.524. The Hall–Kier alpha value is -4.32. The van der Waals surface area contributed by atoms with E-state index in [1.165, 1.54) is 0 Å². The monoisotopic (exact) mass is 482 g/mol. The Morgan fingerprint density at radius 1 is 0.556 bits per heavy atom. The highest BCUT2D eigenvalue weighted by atomic mass is 17.2. The van der Waals surface area contributed by atoms with Crippen LogP contribution in [0.2, 0.25) is 0 Å². The van der Waals surface area contributed by atoms with Crippen molar-refractivity contribution in [2.75, 3.05) is 0 Å². The molecule has 0 amide bonds. The van der Waals surface area contributed by atoms with Crippen molar-refractivity contribution in [3.63, 3.8) is 0 Å². The maximum Gasteiger partial charge on any atom is 0.234 e. The first-order valence-electron chi connectivity index (χ1n) is 11.6. The van der Waals surface area contributed by atoms with Gasteiger partial charge in [0.1, 0.15) is 0 Å². The molecular weight excluding hydrogens is 456 g/mol. The van der Waals surface area contributed by atoms with Crippen LogP contribution in [0.3, 0.4) is 0 Å². The summed E-state index contributed by atoms with van der Waals surface area (Å²) in [6, 6.07) is 13.0. The van der Waals surface area contributed by atoms with E-state index in [1.54, 1.807) is 48.5 Å². The summed E-state index contributed by atoms with van der Waals surface area (Å²) in [6.45, 7) is 7.52. The highest BCUT2D eigenvalue weighted by Gasteiger charge is 2.37. The summed E-state index contributed by atoms with van der Waals surface area (Å²) in [5.41, 5.74) is 3.12. The average molecular weight is 483 g/mol. The van der Waals surface area contributed by atoms with Crippen LogP contribution < -0.4 is 0 Å². The minimum absolute atomic E-state index is 0.126. The average Bonchev–Trinajstić information content (AvgIpc) is 2.86. The second-order valence-electron chi connectivity index (χ2n) is 9.16. The zero-order valence-corrected chi connectivity index (χ0v) is 20.6. The Balaban J connectivity index is 1.77. The predicted octanol–water partition coefficient (Wildman–Crippen LogP) is 6.31.